The molecule has 0 bridgehead atoms. The maximum absolute atomic E-state index is 12.8. The molecule has 0 saturated carbocycles. The third-order valence-electron chi connectivity index (χ3n) is 6.37. The number of nitrogens with zero attached hydrogens (tertiary/aromatic N) is 4. The van der Waals surface area contributed by atoms with E-state index in [4.69, 9.17) is 13.9 Å². The molecule has 1 aliphatic rings. The van der Waals surface area contributed by atoms with Gasteiger partial charge in [0.1, 0.15) is 12.3 Å². The summed E-state index contributed by atoms with van der Waals surface area (Å²) in [6.07, 6.45) is 5.13. The fourth-order valence-corrected chi connectivity index (χ4v) is 5.25. The van der Waals surface area contributed by atoms with Gasteiger partial charge in [0.25, 0.3) is 5.56 Å². The number of aromatic nitrogens is 3. The Morgan fingerprint density at radius 2 is 2.15 bits per heavy atom. The first kappa shape index (κ1) is 27.1. The zero-order valence-electron chi connectivity index (χ0n) is 21.1. The van der Waals surface area contributed by atoms with Crippen LogP contribution < -0.4 is 5.56 Å². The number of aliphatic imine (C=N–C) groups is 1. The van der Waals surface area contributed by atoms with Gasteiger partial charge in [-0.3, -0.25) is 9.78 Å². The normalized spacial score (nSPS) is 21.6. The molecule has 0 spiro atoms. The molecule has 9 nitrogen and oxygen atoms in total. The minimum atomic E-state index is -1.95. The summed E-state index contributed by atoms with van der Waals surface area (Å²) in [5.74, 6) is 0.247. The van der Waals surface area contributed by atoms with Crippen molar-refractivity contribution in [3.63, 3.8) is 0 Å². The second kappa shape index (κ2) is 10.6. The zero-order chi connectivity index (χ0) is 25.3. The van der Waals surface area contributed by atoms with E-state index in [0.29, 0.717) is 30.7 Å². The number of rotatable bonds is 9. The SMILES string of the molecule is C=CCO[C@@H]1C[C@H](n2cc(I)c3c(=O)[nH]c(/N=C\N(C)C)nc32)O[C@@H]1CO[Si](C)(C)C(C)(C)C. The molecule has 3 atom stereocenters. The highest BCUT2D eigenvalue weighted by Gasteiger charge is 2.42. The molecule has 0 unspecified atom stereocenters. The number of ether oxygens (including phenoxy) is 2. The second-order valence-corrected chi connectivity index (χ2v) is 16.2. The number of hydrogen-bond acceptors (Lipinski definition) is 6. The van der Waals surface area contributed by atoms with E-state index >= 15 is 0 Å². The van der Waals surface area contributed by atoms with Gasteiger partial charge in [0, 0.05) is 30.3 Å². The van der Waals surface area contributed by atoms with Crippen LogP contribution in [0.2, 0.25) is 18.1 Å². The maximum Gasteiger partial charge on any atom is 0.262 e. The molecule has 1 N–H and O–H groups in total. The van der Waals surface area contributed by atoms with E-state index in [-0.39, 0.29) is 35.0 Å². The summed E-state index contributed by atoms with van der Waals surface area (Å²) < 4.78 is 21.7. The molecule has 0 amide bonds. The van der Waals surface area contributed by atoms with Gasteiger partial charge in [-0.15, -0.1) is 6.58 Å². The summed E-state index contributed by atoms with van der Waals surface area (Å²) in [6.45, 7) is 15.8. The van der Waals surface area contributed by atoms with Crippen LogP contribution in [-0.4, -0.2) is 73.6 Å². The summed E-state index contributed by atoms with van der Waals surface area (Å²) >= 11 is 2.16. The summed E-state index contributed by atoms with van der Waals surface area (Å²) in [5, 5.41) is 0.626. The van der Waals surface area contributed by atoms with E-state index in [9.17, 15) is 4.79 Å². The molecule has 34 heavy (non-hydrogen) atoms. The number of hydrogen-bond donors (Lipinski definition) is 1. The van der Waals surface area contributed by atoms with Crippen molar-refractivity contribution in [2.75, 3.05) is 27.3 Å². The molecule has 0 aromatic carbocycles. The van der Waals surface area contributed by atoms with Crippen molar-refractivity contribution in [3.05, 3.63) is 32.8 Å². The average molecular weight is 602 g/mol. The Labute approximate surface area is 215 Å². The van der Waals surface area contributed by atoms with E-state index < -0.39 is 8.32 Å². The average Bonchev–Trinajstić information content (AvgIpc) is 3.29. The van der Waals surface area contributed by atoms with Gasteiger partial charge in [-0.25, -0.2) is 4.99 Å². The molecule has 2 aromatic rings. The molecular weight excluding hydrogens is 565 g/mol. The number of fused-ring (bicyclic) bond motifs is 1. The van der Waals surface area contributed by atoms with E-state index in [2.05, 4.69) is 78.0 Å². The molecule has 3 rings (SSSR count). The van der Waals surface area contributed by atoms with Crippen molar-refractivity contribution in [2.24, 2.45) is 4.99 Å². The Morgan fingerprint density at radius 1 is 1.44 bits per heavy atom. The summed E-state index contributed by atoms with van der Waals surface area (Å²) in [5.41, 5.74) is 0.312. The van der Waals surface area contributed by atoms with Crippen molar-refractivity contribution in [1.29, 1.82) is 0 Å². The van der Waals surface area contributed by atoms with E-state index in [0.717, 1.165) is 3.57 Å². The molecule has 2 aromatic heterocycles. The maximum atomic E-state index is 12.8. The lowest BCUT2D eigenvalue weighted by atomic mass is 10.2. The fraction of sp³-hybridized carbons (Fsp3) is 0.609. The molecule has 1 saturated heterocycles. The Balaban J connectivity index is 1.92. The van der Waals surface area contributed by atoms with E-state index in [1.54, 1.807) is 17.3 Å². The van der Waals surface area contributed by atoms with Crippen LogP contribution >= 0.6 is 22.6 Å². The first-order valence-corrected chi connectivity index (χ1v) is 15.4. The van der Waals surface area contributed by atoms with Gasteiger partial charge >= 0.3 is 0 Å². The highest BCUT2D eigenvalue weighted by molar-refractivity contribution is 14.1. The lowest BCUT2D eigenvalue weighted by molar-refractivity contribution is -0.0535. The van der Waals surface area contributed by atoms with Crippen LogP contribution in [-0.2, 0) is 13.9 Å². The van der Waals surface area contributed by atoms with Gasteiger partial charge in [-0.1, -0.05) is 26.8 Å². The highest BCUT2D eigenvalue weighted by Crippen LogP contribution is 2.39. The van der Waals surface area contributed by atoms with Crippen LogP contribution in [0.5, 0.6) is 0 Å². The van der Waals surface area contributed by atoms with Gasteiger partial charge < -0.3 is 23.4 Å². The predicted octanol–water partition coefficient (Wildman–Crippen LogP) is 4.43. The standard InChI is InChI=1S/C23H36IN5O4Si/c1-9-10-31-16-11-18(33-17(16)13-32-34(7,8)23(2,3)4)29-12-15(24)19-20(29)26-22(27-21(19)30)25-14-28(5)6/h9,12,14,16-18H,1,10-11,13H2,2-8H3,(H,26,27,30)/b25-14-/t16-,17-,18-/m1/s1. The molecular formula is C23H36IN5O4Si. The van der Waals surface area contributed by atoms with Crippen molar-refractivity contribution < 1.29 is 13.9 Å². The summed E-state index contributed by atoms with van der Waals surface area (Å²) in [4.78, 5) is 26.2. The first-order chi connectivity index (χ1) is 15.8. The molecule has 3 heterocycles. The van der Waals surface area contributed by atoms with Crippen LogP contribution in [0.3, 0.4) is 0 Å². The Bertz CT molecular complexity index is 1110. The van der Waals surface area contributed by atoms with Crippen LogP contribution in [0.15, 0.2) is 28.6 Å². The number of halogens is 1. The lowest BCUT2D eigenvalue weighted by Gasteiger charge is -2.37. The molecule has 11 heteroatoms. The highest BCUT2D eigenvalue weighted by atomic mass is 127. The topological polar surface area (TPSA) is 94.0 Å². The van der Waals surface area contributed by atoms with Crippen molar-refractivity contribution in [3.8, 4) is 0 Å². The van der Waals surface area contributed by atoms with Gasteiger partial charge in [-0.2, -0.15) is 4.98 Å². The summed E-state index contributed by atoms with van der Waals surface area (Å²) in [7, 11) is 1.76. The lowest BCUT2D eigenvalue weighted by Crippen LogP contribution is -2.44. The molecule has 0 aliphatic carbocycles. The Morgan fingerprint density at radius 3 is 2.76 bits per heavy atom. The Kier molecular flexibility index (Phi) is 8.44. The van der Waals surface area contributed by atoms with Gasteiger partial charge in [0.15, 0.2) is 14.0 Å². The third kappa shape index (κ3) is 5.98. The van der Waals surface area contributed by atoms with Gasteiger partial charge in [0.05, 0.1) is 31.0 Å². The number of nitrogens with one attached hydrogen (secondary N) is 1. The molecule has 1 aliphatic heterocycles. The van der Waals surface area contributed by atoms with Gasteiger partial charge in [-0.05, 0) is 40.7 Å². The van der Waals surface area contributed by atoms with Crippen molar-refractivity contribution >= 4 is 54.2 Å². The predicted molar refractivity (Wildman–Crippen MR) is 147 cm³/mol. The zero-order valence-corrected chi connectivity index (χ0v) is 24.2. The summed E-state index contributed by atoms with van der Waals surface area (Å²) in [6, 6.07) is 0. The third-order valence-corrected chi connectivity index (χ3v) is 11.7. The first-order valence-electron chi connectivity index (χ1n) is 11.4. The van der Waals surface area contributed by atoms with Gasteiger partial charge in [0.2, 0.25) is 5.95 Å². The molecule has 0 radical (unpaired) electrons. The van der Waals surface area contributed by atoms with Crippen molar-refractivity contribution in [1.82, 2.24) is 19.4 Å². The van der Waals surface area contributed by atoms with Crippen LogP contribution in [0.4, 0.5) is 5.95 Å². The van der Waals surface area contributed by atoms with E-state index in [1.165, 1.54) is 0 Å². The van der Waals surface area contributed by atoms with E-state index in [1.807, 2.05) is 24.9 Å². The van der Waals surface area contributed by atoms with Crippen LogP contribution in [0.25, 0.3) is 11.0 Å². The smallest absolute Gasteiger partial charge is 0.262 e. The largest absolute Gasteiger partial charge is 0.414 e. The number of aromatic amines is 1. The fourth-order valence-electron chi connectivity index (χ4n) is 3.45. The quantitative estimate of drug-likeness (QED) is 0.150. The second-order valence-electron chi connectivity index (χ2n) is 10.3. The minimum absolute atomic E-state index is 0.101. The molecule has 188 valence electrons. The van der Waals surface area contributed by atoms with Crippen LogP contribution in [0, 0.1) is 3.57 Å². The minimum Gasteiger partial charge on any atom is -0.414 e. The van der Waals surface area contributed by atoms with Crippen LogP contribution in [0.1, 0.15) is 33.4 Å². The molecule has 1 fully saturated rings. The Hall–Kier alpha value is -1.54. The monoisotopic (exact) mass is 601 g/mol. The van der Waals surface area contributed by atoms with Crippen molar-refractivity contribution in [2.45, 2.75) is 63.8 Å². The number of H-pyrrole nitrogens is 1.